The van der Waals surface area contributed by atoms with Crippen LogP contribution in [-0.2, 0) is 0 Å². The molecule has 6 heteroatoms. The average Bonchev–Trinajstić information content (AvgIpc) is 2.50. The number of hydrogen-bond acceptors (Lipinski definition) is 3. The third-order valence-corrected chi connectivity index (χ3v) is 4.09. The zero-order valence-electron chi connectivity index (χ0n) is 15.3. The third kappa shape index (κ3) is 10.6. The van der Waals surface area contributed by atoms with Gasteiger partial charge >= 0.3 is 6.18 Å². The van der Waals surface area contributed by atoms with Gasteiger partial charge in [-0.15, -0.1) is 0 Å². The van der Waals surface area contributed by atoms with Gasteiger partial charge in [-0.05, 0) is 32.1 Å². The monoisotopic (exact) mass is 347 g/mol. The van der Waals surface area contributed by atoms with Gasteiger partial charge in [0.2, 0.25) is 0 Å². The van der Waals surface area contributed by atoms with Crippen LogP contribution in [0.4, 0.5) is 13.2 Å². The molecule has 0 aromatic carbocycles. The predicted molar refractivity (Wildman–Crippen MR) is 97.0 cm³/mol. The number of hydrogen-bond donors (Lipinski definition) is 1. The molecule has 24 heavy (non-hydrogen) atoms. The van der Waals surface area contributed by atoms with E-state index in [9.17, 15) is 13.2 Å². The minimum Gasteiger partial charge on any atom is -0.327 e. The Morgan fingerprint density at radius 3 is 2.38 bits per heavy atom. The number of rotatable bonds is 11. The summed E-state index contributed by atoms with van der Waals surface area (Å²) < 4.78 is 36.3. The summed E-state index contributed by atoms with van der Waals surface area (Å²) in [5.41, 5.74) is 7.28. The molecular formula is C18H32F3N3. The second kappa shape index (κ2) is 12.2. The summed E-state index contributed by atoms with van der Waals surface area (Å²) in [7, 11) is 1.79. The van der Waals surface area contributed by atoms with Crippen molar-refractivity contribution in [1.29, 1.82) is 0 Å². The summed E-state index contributed by atoms with van der Waals surface area (Å²) in [6.45, 7) is 6.15. The molecule has 0 radical (unpaired) electrons. The highest BCUT2D eigenvalue weighted by atomic mass is 19.4. The van der Waals surface area contributed by atoms with Gasteiger partial charge in [0, 0.05) is 31.4 Å². The number of aliphatic imine (C=N–C) groups is 2. The van der Waals surface area contributed by atoms with Crippen LogP contribution < -0.4 is 5.73 Å². The van der Waals surface area contributed by atoms with Crippen LogP contribution in [0.2, 0.25) is 0 Å². The molecule has 0 bridgehead atoms. The first kappa shape index (κ1) is 22.8. The van der Waals surface area contributed by atoms with Crippen molar-refractivity contribution in [3.63, 3.8) is 0 Å². The van der Waals surface area contributed by atoms with E-state index in [-0.39, 0.29) is 18.0 Å². The van der Waals surface area contributed by atoms with Gasteiger partial charge in [-0.1, -0.05) is 32.4 Å². The molecule has 0 aliphatic heterocycles. The molecule has 2 N–H and O–H groups in total. The molecule has 0 aromatic heterocycles. The largest absolute Gasteiger partial charge is 0.392 e. The zero-order valence-corrected chi connectivity index (χ0v) is 15.3. The lowest BCUT2D eigenvalue weighted by molar-refractivity contribution is -0.125. The molecule has 3 atom stereocenters. The van der Waals surface area contributed by atoms with E-state index in [1.165, 1.54) is 6.08 Å². The standard InChI is InChI=1S/C18H32F3N3/c1-5-9-15(23-4)11-13-24-14(3)16(6-2)17(22)10-7-8-12-18(19,20)21/h7-8,13-14,16-17H,5-6,9-12,22H2,1-4H3/b8-7+,23-15+,24-13-/t14-,16+,17-/m0/s1. The number of allylic oxidation sites excluding steroid dienone is 1. The van der Waals surface area contributed by atoms with E-state index < -0.39 is 12.6 Å². The first-order valence-corrected chi connectivity index (χ1v) is 8.68. The van der Waals surface area contributed by atoms with E-state index in [4.69, 9.17) is 5.73 Å². The molecule has 0 spiro atoms. The number of nitrogens with zero attached hydrogens (tertiary/aromatic N) is 2. The van der Waals surface area contributed by atoms with Crippen LogP contribution in [0.1, 0.15) is 59.3 Å². The van der Waals surface area contributed by atoms with Crippen LogP contribution in [0.25, 0.3) is 0 Å². The van der Waals surface area contributed by atoms with E-state index in [2.05, 4.69) is 16.9 Å². The Bertz CT molecular complexity index is 414. The van der Waals surface area contributed by atoms with E-state index >= 15 is 0 Å². The smallest absolute Gasteiger partial charge is 0.327 e. The number of alkyl halides is 3. The molecular weight excluding hydrogens is 315 g/mol. The summed E-state index contributed by atoms with van der Waals surface area (Å²) in [6, 6.07) is -0.151. The average molecular weight is 347 g/mol. The molecule has 0 unspecified atom stereocenters. The van der Waals surface area contributed by atoms with Crippen molar-refractivity contribution in [3.8, 4) is 0 Å². The highest BCUT2D eigenvalue weighted by Crippen LogP contribution is 2.21. The Morgan fingerprint density at radius 2 is 1.88 bits per heavy atom. The second-order valence-electron chi connectivity index (χ2n) is 6.08. The van der Waals surface area contributed by atoms with Crippen LogP contribution in [-0.4, -0.2) is 37.2 Å². The first-order valence-electron chi connectivity index (χ1n) is 8.68. The van der Waals surface area contributed by atoms with Gasteiger partial charge in [-0.2, -0.15) is 13.2 Å². The number of nitrogens with two attached hydrogens (primary N) is 1. The molecule has 140 valence electrons. The third-order valence-electron chi connectivity index (χ3n) is 4.09. The lowest BCUT2D eigenvalue weighted by atomic mass is 9.89. The van der Waals surface area contributed by atoms with Crippen LogP contribution in [0, 0.1) is 5.92 Å². The van der Waals surface area contributed by atoms with Gasteiger partial charge in [-0.25, -0.2) is 0 Å². The highest BCUT2D eigenvalue weighted by Gasteiger charge is 2.25. The molecule has 0 fully saturated rings. The minimum absolute atomic E-state index is 0.0424. The van der Waals surface area contributed by atoms with Crippen LogP contribution in [0.15, 0.2) is 22.1 Å². The summed E-state index contributed by atoms with van der Waals surface area (Å²) in [4.78, 5) is 8.81. The van der Waals surface area contributed by atoms with Crippen molar-refractivity contribution in [3.05, 3.63) is 12.2 Å². The Balaban J connectivity index is 4.48. The molecule has 0 aliphatic carbocycles. The second-order valence-corrected chi connectivity index (χ2v) is 6.08. The van der Waals surface area contributed by atoms with Gasteiger partial charge in [0.15, 0.2) is 0 Å². The van der Waals surface area contributed by atoms with Crippen LogP contribution >= 0.6 is 0 Å². The summed E-state index contributed by atoms with van der Waals surface area (Å²) in [5, 5.41) is 0. The van der Waals surface area contributed by atoms with Crippen molar-refractivity contribution in [1.82, 2.24) is 0 Å². The first-order chi connectivity index (χ1) is 11.2. The van der Waals surface area contributed by atoms with Crippen molar-refractivity contribution in [2.45, 2.75) is 77.6 Å². The Labute approximate surface area is 144 Å². The fourth-order valence-electron chi connectivity index (χ4n) is 2.68. The summed E-state index contributed by atoms with van der Waals surface area (Å²) in [6.07, 6.45) is 3.56. The van der Waals surface area contributed by atoms with Gasteiger partial charge < -0.3 is 5.73 Å². The van der Waals surface area contributed by atoms with E-state index in [1.807, 2.05) is 20.1 Å². The molecule has 0 saturated heterocycles. The topological polar surface area (TPSA) is 50.7 Å². The van der Waals surface area contributed by atoms with Crippen molar-refractivity contribution >= 4 is 11.9 Å². The van der Waals surface area contributed by atoms with Gasteiger partial charge in [-0.3, -0.25) is 9.98 Å². The van der Waals surface area contributed by atoms with Gasteiger partial charge in [0.1, 0.15) is 0 Å². The van der Waals surface area contributed by atoms with E-state index in [0.717, 1.165) is 37.5 Å². The van der Waals surface area contributed by atoms with Crippen LogP contribution in [0.5, 0.6) is 0 Å². The molecule has 0 aliphatic rings. The molecule has 0 heterocycles. The molecule has 0 aromatic rings. The SMILES string of the molecule is CCC/C(C/C=N\[C@@H](C)[C@@H](CC)[C@@H](N)C/C=C/CC(F)(F)F)=N\C. The highest BCUT2D eigenvalue weighted by molar-refractivity contribution is 5.95. The van der Waals surface area contributed by atoms with Gasteiger partial charge in [0.05, 0.1) is 12.5 Å². The normalized spacial score (nSPS) is 17.6. The summed E-state index contributed by atoms with van der Waals surface area (Å²) >= 11 is 0. The fraction of sp³-hybridized carbons (Fsp3) is 0.778. The minimum atomic E-state index is -4.15. The number of halogens is 3. The maximum absolute atomic E-state index is 12.1. The van der Waals surface area contributed by atoms with E-state index in [1.54, 1.807) is 7.05 Å². The molecule has 0 amide bonds. The van der Waals surface area contributed by atoms with Crippen LogP contribution in [0.3, 0.4) is 0 Å². The van der Waals surface area contributed by atoms with Crippen molar-refractivity contribution in [2.75, 3.05) is 7.05 Å². The maximum Gasteiger partial charge on any atom is 0.392 e. The zero-order chi connectivity index (χ0) is 18.6. The quantitative estimate of drug-likeness (QED) is 0.417. The van der Waals surface area contributed by atoms with Crippen molar-refractivity contribution < 1.29 is 13.2 Å². The van der Waals surface area contributed by atoms with E-state index in [0.29, 0.717) is 6.42 Å². The molecule has 3 nitrogen and oxygen atoms in total. The van der Waals surface area contributed by atoms with Crippen molar-refractivity contribution in [2.24, 2.45) is 21.6 Å². The Morgan fingerprint density at radius 1 is 1.21 bits per heavy atom. The summed E-state index contributed by atoms with van der Waals surface area (Å²) in [5.74, 6) is 0.143. The lowest BCUT2D eigenvalue weighted by Gasteiger charge is -2.25. The lowest BCUT2D eigenvalue weighted by Crippen LogP contribution is -2.35. The Hall–Kier alpha value is -1.17. The Kier molecular flexibility index (Phi) is 11.6. The fourth-order valence-corrected chi connectivity index (χ4v) is 2.68. The molecule has 0 rings (SSSR count). The predicted octanol–water partition coefficient (Wildman–Crippen LogP) is 4.96. The maximum atomic E-state index is 12.1. The molecule has 0 saturated carbocycles. The van der Waals surface area contributed by atoms with Gasteiger partial charge in [0.25, 0.3) is 0 Å².